The van der Waals surface area contributed by atoms with Crippen molar-refractivity contribution >= 4 is 24.2 Å². The molecule has 0 saturated carbocycles. The van der Waals surface area contributed by atoms with Crippen LogP contribution in [0.4, 0.5) is 5.69 Å². The van der Waals surface area contributed by atoms with Gasteiger partial charge in [0.15, 0.2) is 0 Å². The van der Waals surface area contributed by atoms with E-state index in [4.69, 9.17) is 12.9 Å². The number of ether oxygens (including phenoxy) is 1. The second-order valence-electron chi connectivity index (χ2n) is 3.36. The van der Waals surface area contributed by atoms with Gasteiger partial charge in [-0.2, -0.15) is 0 Å². The summed E-state index contributed by atoms with van der Waals surface area (Å²) >= 11 is -5.24. The van der Waals surface area contributed by atoms with Crippen LogP contribution in [0.2, 0.25) is 0 Å². The average Bonchev–Trinajstić information content (AvgIpc) is 2.27. The molecule has 1 aromatic carbocycles. The molecule has 11 heteroatoms. The van der Waals surface area contributed by atoms with E-state index in [1.165, 1.54) is 0 Å². The van der Waals surface area contributed by atoms with Crippen molar-refractivity contribution in [2.45, 2.75) is 0 Å². The normalized spacial score (nSPS) is 11.1. The molecular formula is C8H9AsN2O8. The minimum atomic E-state index is -5.24. The Morgan fingerprint density at radius 3 is 2.37 bits per heavy atom. The molecule has 0 aliphatic carbocycles. The Bertz CT molecular complexity index is 554. The third kappa shape index (κ3) is 4.36. The summed E-state index contributed by atoms with van der Waals surface area (Å²) in [6.07, 6.45) is 0. The van der Waals surface area contributed by atoms with Crippen LogP contribution in [0.15, 0.2) is 18.2 Å². The van der Waals surface area contributed by atoms with Crippen LogP contribution < -0.4 is 9.09 Å². The van der Waals surface area contributed by atoms with Gasteiger partial charge in [0.05, 0.1) is 0 Å². The minimum absolute atomic E-state index is 0.278. The quantitative estimate of drug-likeness (QED) is 0.373. The molecule has 104 valence electrons. The van der Waals surface area contributed by atoms with Crippen LogP contribution >= 0.6 is 0 Å². The summed E-state index contributed by atoms with van der Waals surface area (Å²) in [4.78, 5) is 19.3. The van der Waals surface area contributed by atoms with Gasteiger partial charge in [-0.1, -0.05) is 0 Å². The number of nitrogens with zero attached hydrogens (tertiary/aromatic N) is 2. The Balaban J connectivity index is 3.02. The second kappa shape index (κ2) is 5.83. The van der Waals surface area contributed by atoms with Gasteiger partial charge in [-0.3, -0.25) is 0 Å². The molecule has 0 aliphatic rings. The van der Waals surface area contributed by atoms with Gasteiger partial charge in [0.2, 0.25) is 0 Å². The van der Waals surface area contributed by atoms with Gasteiger partial charge < -0.3 is 0 Å². The van der Waals surface area contributed by atoms with Crippen LogP contribution in [0.5, 0.6) is 5.75 Å². The molecule has 0 amide bonds. The molecule has 1 aromatic rings. The topological polar surface area (TPSA) is 153 Å². The van der Waals surface area contributed by atoms with Crippen molar-refractivity contribution in [1.82, 2.24) is 0 Å². The molecule has 0 aromatic heterocycles. The molecule has 1 rings (SSSR count). The molecular weight excluding hydrogens is 327 g/mol. The Kier molecular flexibility index (Phi) is 4.65. The van der Waals surface area contributed by atoms with Crippen molar-refractivity contribution in [3.05, 3.63) is 38.4 Å². The van der Waals surface area contributed by atoms with E-state index < -0.39 is 40.6 Å². The molecule has 0 saturated heterocycles. The first-order chi connectivity index (χ1) is 8.71. The second-order valence-corrected chi connectivity index (χ2v) is 6.72. The van der Waals surface area contributed by atoms with E-state index >= 15 is 0 Å². The fourth-order valence-corrected chi connectivity index (χ4v) is 2.36. The van der Waals surface area contributed by atoms with E-state index in [9.17, 15) is 24.0 Å². The van der Waals surface area contributed by atoms with Crippen LogP contribution in [0.25, 0.3) is 0 Å². The first kappa shape index (κ1) is 15.2. The van der Waals surface area contributed by atoms with Crippen LogP contribution in [0.3, 0.4) is 0 Å². The monoisotopic (exact) mass is 336 g/mol. The van der Waals surface area contributed by atoms with E-state index in [0.717, 1.165) is 12.1 Å². The van der Waals surface area contributed by atoms with E-state index in [1.54, 1.807) is 0 Å². The number of hydrogen-bond acceptors (Lipinski definition) is 6. The van der Waals surface area contributed by atoms with Crippen LogP contribution in [-0.4, -0.2) is 45.4 Å². The Hall–Kier alpha value is -1.90. The predicted molar refractivity (Wildman–Crippen MR) is 61.0 cm³/mol. The van der Waals surface area contributed by atoms with Gasteiger partial charge in [0.25, 0.3) is 0 Å². The standard InChI is InChI=1S/C8H9AsN2O8/c12-9(13,14)6-1-2-8(7(5-6)11(17)18)19-4-3-10(15)16/h1-2,5H,3-4H2,(H2,12,13,14). The van der Waals surface area contributed by atoms with E-state index in [0.29, 0.717) is 6.07 Å². The molecule has 0 atom stereocenters. The van der Waals surface area contributed by atoms with Gasteiger partial charge >= 0.3 is 108 Å². The summed E-state index contributed by atoms with van der Waals surface area (Å²) in [5.41, 5.74) is -0.648. The third-order valence-electron chi connectivity index (χ3n) is 2.01. The zero-order valence-electron chi connectivity index (χ0n) is 9.33. The summed E-state index contributed by atoms with van der Waals surface area (Å²) in [6.45, 7) is -0.921. The predicted octanol–water partition coefficient (Wildman–Crippen LogP) is -1.19. The Labute approximate surface area is 108 Å². The van der Waals surface area contributed by atoms with Gasteiger partial charge in [-0.05, 0) is 0 Å². The molecule has 0 fully saturated rings. The summed E-state index contributed by atoms with van der Waals surface area (Å²) < 4.78 is 33.3. The van der Waals surface area contributed by atoms with Crippen molar-refractivity contribution in [3.8, 4) is 5.75 Å². The van der Waals surface area contributed by atoms with Gasteiger partial charge in [0, 0.05) is 0 Å². The Morgan fingerprint density at radius 2 is 1.89 bits per heavy atom. The molecule has 0 radical (unpaired) electrons. The SMILES string of the molecule is O=[N+]([O-])CCOc1ccc([As](=O)(O)O)cc1[N+](=O)[O-]. The molecule has 0 bridgehead atoms. The van der Waals surface area contributed by atoms with Gasteiger partial charge in [0.1, 0.15) is 0 Å². The first-order valence-electron chi connectivity index (χ1n) is 4.81. The molecule has 0 spiro atoms. The van der Waals surface area contributed by atoms with Crippen molar-refractivity contribution in [2.24, 2.45) is 0 Å². The average molecular weight is 336 g/mol. The fraction of sp³-hybridized carbons (Fsp3) is 0.250. The molecule has 19 heavy (non-hydrogen) atoms. The number of hydrogen-bond donors (Lipinski definition) is 2. The number of rotatable bonds is 6. The summed E-state index contributed by atoms with van der Waals surface area (Å²) in [7, 11) is 0. The zero-order valence-corrected chi connectivity index (χ0v) is 11.2. The third-order valence-corrected chi connectivity index (χ3v) is 4.00. The van der Waals surface area contributed by atoms with Crippen molar-refractivity contribution < 1.29 is 26.5 Å². The first-order valence-corrected chi connectivity index (χ1v) is 8.19. The molecule has 0 heterocycles. The molecule has 0 unspecified atom stereocenters. The Morgan fingerprint density at radius 1 is 1.26 bits per heavy atom. The molecule has 0 aliphatic heterocycles. The van der Waals surface area contributed by atoms with Crippen molar-refractivity contribution in [1.29, 1.82) is 0 Å². The summed E-state index contributed by atoms with van der Waals surface area (Å²) in [5, 5.41) is 20.8. The summed E-state index contributed by atoms with van der Waals surface area (Å²) in [6, 6.07) is 2.71. The van der Waals surface area contributed by atoms with E-state index in [2.05, 4.69) is 0 Å². The molecule has 10 nitrogen and oxygen atoms in total. The van der Waals surface area contributed by atoms with Crippen LogP contribution in [-0.2, 0) is 3.74 Å². The number of nitro groups is 2. The zero-order chi connectivity index (χ0) is 14.6. The van der Waals surface area contributed by atoms with Crippen LogP contribution in [0.1, 0.15) is 0 Å². The van der Waals surface area contributed by atoms with Gasteiger partial charge in [-0.25, -0.2) is 0 Å². The number of benzene rings is 1. The summed E-state index contributed by atoms with van der Waals surface area (Å²) in [5.74, 6) is -0.278. The van der Waals surface area contributed by atoms with Crippen molar-refractivity contribution in [2.75, 3.05) is 13.2 Å². The maximum absolute atomic E-state index is 11.0. The molecule has 2 N–H and O–H groups in total. The van der Waals surface area contributed by atoms with E-state index in [1.807, 2.05) is 0 Å². The number of nitro benzene ring substituents is 1. The fourth-order valence-electron chi connectivity index (χ4n) is 1.18. The van der Waals surface area contributed by atoms with Crippen LogP contribution in [0, 0.1) is 20.2 Å². The van der Waals surface area contributed by atoms with Crippen molar-refractivity contribution in [3.63, 3.8) is 0 Å². The maximum atomic E-state index is 11.0. The van der Waals surface area contributed by atoms with E-state index in [-0.39, 0.29) is 12.4 Å². The van der Waals surface area contributed by atoms with Gasteiger partial charge in [-0.15, -0.1) is 0 Å².